The van der Waals surface area contributed by atoms with Crippen LogP contribution < -0.4 is 15.6 Å². The van der Waals surface area contributed by atoms with Gasteiger partial charge in [-0.2, -0.15) is 10.2 Å². The standard InChI is InChI=1S/C39H44F2N6O7/c1-23(2)53-33-16-26(29-11-8-24(17-42)13-30(29)35(49)46-21-39(40,41)22-46)15-32(43-33)44-34(48)31-14-25(19-47(36(31)50)27-9-10-27)18-45(20-28-7-6-12-52-28)37(51)54-38(3,4)5/h8,11,13-16,19,23,27-28H,6-7,9-10,12,18,20-22H2,1-5H3,(H,43,44,48)/t28-/m0/s1. The number of carbonyl (C=O) groups is 3. The minimum absolute atomic E-state index is 0.0112. The van der Waals surface area contributed by atoms with Gasteiger partial charge in [0.05, 0.1) is 50.0 Å². The summed E-state index contributed by atoms with van der Waals surface area (Å²) in [5.74, 6) is -4.37. The van der Waals surface area contributed by atoms with Crippen LogP contribution in [0.3, 0.4) is 0 Å². The molecule has 0 unspecified atom stereocenters. The largest absolute Gasteiger partial charge is 0.475 e. The number of amides is 3. The second kappa shape index (κ2) is 15.2. The number of nitrogens with one attached hydrogen (secondary N) is 1. The average molecular weight is 747 g/mol. The van der Waals surface area contributed by atoms with Gasteiger partial charge in [0.1, 0.15) is 17.0 Å². The number of hydrogen-bond acceptors (Lipinski definition) is 9. The molecule has 1 aromatic carbocycles. The second-order valence-electron chi connectivity index (χ2n) is 15.3. The van der Waals surface area contributed by atoms with Crippen LogP contribution in [-0.2, 0) is 16.0 Å². The molecule has 2 aliphatic heterocycles. The van der Waals surface area contributed by atoms with Gasteiger partial charge in [0.2, 0.25) is 5.88 Å². The van der Waals surface area contributed by atoms with E-state index >= 15 is 0 Å². The lowest BCUT2D eigenvalue weighted by molar-refractivity contribution is -0.113. The van der Waals surface area contributed by atoms with Crippen molar-refractivity contribution < 1.29 is 37.4 Å². The molecule has 4 heterocycles. The van der Waals surface area contributed by atoms with Crippen LogP contribution in [0.4, 0.5) is 19.4 Å². The van der Waals surface area contributed by atoms with Crippen LogP contribution in [0.2, 0.25) is 0 Å². The van der Waals surface area contributed by atoms with Crippen molar-refractivity contribution in [3.8, 4) is 23.1 Å². The Hall–Kier alpha value is -5.36. The normalized spacial score (nSPS) is 17.8. The first-order valence-electron chi connectivity index (χ1n) is 18.0. The van der Waals surface area contributed by atoms with E-state index in [1.54, 1.807) is 46.9 Å². The van der Waals surface area contributed by atoms with Crippen molar-refractivity contribution in [3.05, 3.63) is 75.2 Å². The summed E-state index contributed by atoms with van der Waals surface area (Å²) >= 11 is 0. The Morgan fingerprint density at radius 3 is 2.46 bits per heavy atom. The Bertz CT molecular complexity index is 2040. The molecular formula is C39H44F2N6O7. The van der Waals surface area contributed by atoms with Gasteiger partial charge >= 0.3 is 6.09 Å². The zero-order valence-corrected chi connectivity index (χ0v) is 31.0. The Morgan fingerprint density at radius 1 is 1.11 bits per heavy atom. The van der Waals surface area contributed by atoms with E-state index < -0.39 is 48.1 Å². The predicted octanol–water partition coefficient (Wildman–Crippen LogP) is 6.16. The number of alkyl halides is 2. The van der Waals surface area contributed by atoms with Gasteiger partial charge in [-0.1, -0.05) is 6.07 Å². The van der Waals surface area contributed by atoms with Crippen molar-refractivity contribution in [2.24, 2.45) is 0 Å². The number of halogens is 2. The highest BCUT2D eigenvalue weighted by atomic mass is 19.3. The van der Waals surface area contributed by atoms with E-state index in [2.05, 4.69) is 10.3 Å². The molecule has 0 bridgehead atoms. The minimum atomic E-state index is -3.00. The molecule has 3 aromatic rings. The van der Waals surface area contributed by atoms with Gasteiger partial charge in [0, 0.05) is 30.5 Å². The zero-order chi connectivity index (χ0) is 38.9. The average Bonchev–Trinajstić information content (AvgIpc) is 3.80. The molecular weight excluding hydrogens is 702 g/mol. The molecule has 3 fully saturated rings. The summed E-state index contributed by atoms with van der Waals surface area (Å²) in [7, 11) is 0. The molecule has 286 valence electrons. The van der Waals surface area contributed by atoms with Crippen LogP contribution in [0.25, 0.3) is 11.1 Å². The number of benzene rings is 1. The summed E-state index contributed by atoms with van der Waals surface area (Å²) in [6.45, 7) is 8.32. The third-order valence-corrected chi connectivity index (χ3v) is 8.98. The van der Waals surface area contributed by atoms with Crippen LogP contribution in [0.1, 0.15) is 98.2 Å². The predicted molar refractivity (Wildman–Crippen MR) is 194 cm³/mol. The van der Waals surface area contributed by atoms with Crippen molar-refractivity contribution >= 4 is 23.7 Å². The lowest BCUT2D eigenvalue weighted by atomic mass is 9.96. The third kappa shape index (κ3) is 9.22. The fourth-order valence-electron chi connectivity index (χ4n) is 6.40. The molecule has 15 heteroatoms. The molecule has 3 amide bonds. The SMILES string of the molecule is CC(C)Oc1cc(-c2ccc(C#N)cc2C(=O)N2CC(F)(F)C2)cc(NC(=O)c2cc(CN(C[C@@H]3CCCO3)C(=O)OC(C)(C)C)cn(C3CC3)c2=O)n1. The van der Waals surface area contributed by atoms with Gasteiger partial charge in [-0.25, -0.2) is 13.6 Å². The molecule has 1 saturated carbocycles. The number of anilines is 1. The van der Waals surface area contributed by atoms with E-state index in [0.29, 0.717) is 23.3 Å². The molecule has 2 saturated heterocycles. The van der Waals surface area contributed by atoms with E-state index in [1.807, 2.05) is 6.07 Å². The molecule has 13 nitrogen and oxygen atoms in total. The lowest BCUT2D eigenvalue weighted by Crippen LogP contribution is -2.58. The van der Waals surface area contributed by atoms with Crippen molar-refractivity contribution in [2.75, 3.05) is 31.6 Å². The van der Waals surface area contributed by atoms with Crippen LogP contribution in [0, 0.1) is 11.3 Å². The Labute approximate surface area is 311 Å². The lowest BCUT2D eigenvalue weighted by Gasteiger charge is -2.39. The number of rotatable bonds is 11. The van der Waals surface area contributed by atoms with Gasteiger partial charge < -0.3 is 33.9 Å². The summed E-state index contributed by atoms with van der Waals surface area (Å²) < 4.78 is 46.4. The fourth-order valence-corrected chi connectivity index (χ4v) is 6.40. The summed E-state index contributed by atoms with van der Waals surface area (Å²) in [5, 5.41) is 12.3. The quantitative estimate of drug-likeness (QED) is 0.243. The molecule has 1 atom stereocenters. The Kier molecular flexibility index (Phi) is 10.8. The summed E-state index contributed by atoms with van der Waals surface area (Å²) in [6, 6.07) is 10.7. The summed E-state index contributed by atoms with van der Waals surface area (Å²) in [5.41, 5.74) is -0.0776. The molecule has 1 N–H and O–H groups in total. The fraction of sp³-hybridized carbons (Fsp3) is 0.487. The maximum Gasteiger partial charge on any atom is 0.410 e. The number of nitriles is 1. The monoisotopic (exact) mass is 746 g/mol. The number of pyridine rings is 2. The number of nitrogens with zero attached hydrogens (tertiary/aromatic N) is 5. The maximum atomic E-state index is 14.0. The maximum absolute atomic E-state index is 14.0. The van der Waals surface area contributed by atoms with Gasteiger partial charge in [-0.05, 0) is 101 Å². The van der Waals surface area contributed by atoms with Gasteiger partial charge in [0.15, 0.2) is 0 Å². The Balaban J connectivity index is 1.34. The molecule has 54 heavy (non-hydrogen) atoms. The molecule has 1 aliphatic carbocycles. The first-order valence-corrected chi connectivity index (χ1v) is 18.0. The highest BCUT2D eigenvalue weighted by molar-refractivity contribution is 6.05. The van der Waals surface area contributed by atoms with Crippen LogP contribution >= 0.6 is 0 Å². The van der Waals surface area contributed by atoms with Crippen molar-refractivity contribution in [2.45, 2.75) is 96.6 Å². The summed E-state index contributed by atoms with van der Waals surface area (Å²) in [4.78, 5) is 61.5. The molecule has 0 radical (unpaired) electrons. The van der Waals surface area contributed by atoms with E-state index in [0.717, 1.165) is 30.6 Å². The molecule has 3 aliphatic rings. The minimum Gasteiger partial charge on any atom is -0.475 e. The van der Waals surface area contributed by atoms with Crippen LogP contribution in [0.15, 0.2) is 47.4 Å². The zero-order valence-electron chi connectivity index (χ0n) is 31.0. The van der Waals surface area contributed by atoms with Crippen molar-refractivity contribution in [1.29, 1.82) is 5.26 Å². The highest BCUT2D eigenvalue weighted by Crippen LogP contribution is 2.35. The second-order valence-corrected chi connectivity index (χ2v) is 15.3. The van der Waals surface area contributed by atoms with Crippen molar-refractivity contribution in [1.82, 2.24) is 19.4 Å². The molecule has 0 spiro atoms. The smallest absolute Gasteiger partial charge is 0.410 e. The van der Waals surface area contributed by atoms with E-state index in [4.69, 9.17) is 14.2 Å². The first kappa shape index (κ1) is 38.4. The van der Waals surface area contributed by atoms with Crippen LogP contribution in [-0.4, -0.2) is 87.2 Å². The van der Waals surface area contributed by atoms with Crippen molar-refractivity contribution in [3.63, 3.8) is 0 Å². The Morgan fingerprint density at radius 2 is 1.85 bits per heavy atom. The van der Waals surface area contributed by atoms with E-state index in [1.165, 1.54) is 39.8 Å². The number of likely N-dealkylation sites (tertiary alicyclic amines) is 1. The molecule has 6 rings (SSSR count). The van der Waals surface area contributed by atoms with Gasteiger partial charge in [-0.15, -0.1) is 0 Å². The van der Waals surface area contributed by atoms with E-state index in [-0.39, 0.29) is 59.7 Å². The topological polar surface area (TPSA) is 156 Å². The number of aromatic nitrogens is 2. The summed E-state index contributed by atoms with van der Waals surface area (Å²) in [6.07, 6.45) is 3.80. The first-order chi connectivity index (χ1) is 25.5. The van der Waals surface area contributed by atoms with E-state index in [9.17, 15) is 33.2 Å². The van der Waals surface area contributed by atoms with Gasteiger partial charge in [-0.3, -0.25) is 14.4 Å². The highest BCUT2D eigenvalue weighted by Gasteiger charge is 2.46. The van der Waals surface area contributed by atoms with Crippen LogP contribution in [0.5, 0.6) is 5.88 Å². The molecule has 2 aromatic heterocycles. The third-order valence-electron chi connectivity index (χ3n) is 8.98. The van der Waals surface area contributed by atoms with Gasteiger partial charge in [0.25, 0.3) is 23.3 Å². The number of ether oxygens (including phenoxy) is 3. The number of carbonyl (C=O) groups excluding carboxylic acids is 3. The number of hydrogen-bond donors (Lipinski definition) is 1.